The van der Waals surface area contributed by atoms with Crippen molar-refractivity contribution in [2.45, 2.75) is 26.0 Å². The van der Waals surface area contributed by atoms with E-state index in [4.69, 9.17) is 0 Å². The normalized spacial score (nSPS) is 13.2. The Labute approximate surface area is 139 Å². The third-order valence-electron chi connectivity index (χ3n) is 3.81. The van der Waals surface area contributed by atoms with Crippen molar-refractivity contribution in [3.05, 3.63) is 70.8 Å². The molecule has 0 heterocycles. The molecule has 2 rings (SSSR count). The van der Waals surface area contributed by atoms with Crippen LogP contribution in [0.5, 0.6) is 0 Å². The molecule has 6 heteroatoms. The highest BCUT2D eigenvalue weighted by Gasteiger charge is 2.27. The second-order valence-corrected chi connectivity index (χ2v) is 5.86. The molecule has 3 N–H and O–H groups in total. The van der Waals surface area contributed by atoms with Crippen LogP contribution in [-0.2, 0) is 12.1 Å². The first-order valence-electron chi connectivity index (χ1n) is 7.54. The highest BCUT2D eigenvalue weighted by Crippen LogP contribution is 2.23. The fourth-order valence-electron chi connectivity index (χ4n) is 2.32. The van der Waals surface area contributed by atoms with Crippen molar-refractivity contribution < 1.29 is 18.7 Å². The van der Waals surface area contributed by atoms with Crippen LogP contribution in [0.3, 0.4) is 0 Å². The first-order chi connectivity index (χ1) is 11.3. The van der Waals surface area contributed by atoms with Crippen LogP contribution in [0.25, 0.3) is 0 Å². The Kier molecular flexibility index (Phi) is 5.51. The molecular weight excluding hydrogens is 314 g/mol. The summed E-state index contributed by atoms with van der Waals surface area (Å²) >= 11 is 0. The van der Waals surface area contributed by atoms with Crippen LogP contribution in [0.4, 0.5) is 13.6 Å². The second kappa shape index (κ2) is 7.40. The van der Waals surface area contributed by atoms with E-state index in [1.807, 2.05) is 31.2 Å². The Morgan fingerprint density at radius 3 is 2.54 bits per heavy atom. The maximum atomic E-state index is 13.8. The number of benzene rings is 2. The van der Waals surface area contributed by atoms with Gasteiger partial charge in [-0.1, -0.05) is 30.3 Å². The summed E-state index contributed by atoms with van der Waals surface area (Å²) in [4.78, 5) is 11.9. The predicted molar refractivity (Wildman–Crippen MR) is 87.3 cm³/mol. The molecule has 2 amide bonds. The van der Waals surface area contributed by atoms with Crippen molar-refractivity contribution in [1.29, 1.82) is 0 Å². The summed E-state index contributed by atoms with van der Waals surface area (Å²) < 4.78 is 26.7. The van der Waals surface area contributed by atoms with Gasteiger partial charge in [-0.15, -0.1) is 0 Å². The molecule has 0 radical (unpaired) electrons. The first-order valence-corrected chi connectivity index (χ1v) is 7.54. The van der Waals surface area contributed by atoms with E-state index >= 15 is 0 Å². The average molecular weight is 334 g/mol. The molecule has 0 aromatic heterocycles. The van der Waals surface area contributed by atoms with Crippen LogP contribution in [-0.4, -0.2) is 17.7 Å². The molecule has 24 heavy (non-hydrogen) atoms. The number of carbonyl (C=O) groups excluding carboxylic acids is 1. The van der Waals surface area contributed by atoms with Crippen molar-refractivity contribution in [2.75, 3.05) is 6.54 Å². The molecule has 4 nitrogen and oxygen atoms in total. The SMILES string of the molecule is Cc1ccccc1CNC(=O)NCC(C)(O)c1ccc(F)cc1F. The van der Waals surface area contributed by atoms with E-state index in [9.17, 15) is 18.7 Å². The average Bonchev–Trinajstić information content (AvgIpc) is 2.52. The van der Waals surface area contributed by atoms with Crippen LogP contribution in [0.2, 0.25) is 0 Å². The maximum Gasteiger partial charge on any atom is 0.315 e. The zero-order valence-corrected chi connectivity index (χ0v) is 13.6. The molecule has 0 aliphatic rings. The Morgan fingerprint density at radius 1 is 1.17 bits per heavy atom. The van der Waals surface area contributed by atoms with E-state index in [0.717, 1.165) is 23.3 Å². The van der Waals surface area contributed by atoms with Gasteiger partial charge in [-0.3, -0.25) is 0 Å². The highest BCUT2D eigenvalue weighted by molar-refractivity contribution is 5.74. The number of amides is 2. The number of nitrogens with one attached hydrogen (secondary N) is 2. The van der Waals surface area contributed by atoms with E-state index in [2.05, 4.69) is 10.6 Å². The highest BCUT2D eigenvalue weighted by atomic mass is 19.1. The van der Waals surface area contributed by atoms with Gasteiger partial charge < -0.3 is 15.7 Å². The van der Waals surface area contributed by atoms with Gasteiger partial charge in [0, 0.05) is 18.2 Å². The summed E-state index contributed by atoms with van der Waals surface area (Å²) in [6.45, 7) is 3.42. The molecule has 0 aliphatic heterocycles. The van der Waals surface area contributed by atoms with Crippen molar-refractivity contribution in [3.63, 3.8) is 0 Å². The van der Waals surface area contributed by atoms with Gasteiger partial charge in [-0.2, -0.15) is 0 Å². The third kappa shape index (κ3) is 4.52. The van der Waals surface area contributed by atoms with Crippen LogP contribution in [0.1, 0.15) is 23.6 Å². The number of hydrogen-bond acceptors (Lipinski definition) is 2. The Morgan fingerprint density at radius 2 is 1.88 bits per heavy atom. The van der Waals surface area contributed by atoms with E-state index in [1.165, 1.54) is 6.92 Å². The van der Waals surface area contributed by atoms with Gasteiger partial charge in [-0.05, 0) is 31.0 Å². The zero-order chi connectivity index (χ0) is 17.7. The fourth-order valence-corrected chi connectivity index (χ4v) is 2.32. The largest absolute Gasteiger partial charge is 0.383 e. The van der Waals surface area contributed by atoms with Gasteiger partial charge in [0.25, 0.3) is 0 Å². The third-order valence-corrected chi connectivity index (χ3v) is 3.81. The molecule has 1 unspecified atom stereocenters. The van der Waals surface area contributed by atoms with Crippen molar-refractivity contribution in [3.8, 4) is 0 Å². The molecule has 0 fully saturated rings. The standard InChI is InChI=1S/C18H20F2N2O2/c1-12-5-3-4-6-13(12)10-21-17(23)22-11-18(2,24)15-8-7-14(19)9-16(15)20/h3-9,24H,10-11H2,1-2H3,(H2,21,22,23). The lowest BCUT2D eigenvalue weighted by Gasteiger charge is -2.24. The summed E-state index contributed by atoms with van der Waals surface area (Å²) in [5.41, 5.74) is 0.294. The number of aryl methyl sites for hydroxylation is 1. The monoisotopic (exact) mass is 334 g/mol. The molecular formula is C18H20F2N2O2. The molecule has 0 bridgehead atoms. The van der Waals surface area contributed by atoms with Crippen LogP contribution in [0, 0.1) is 18.6 Å². The molecule has 0 aliphatic carbocycles. The van der Waals surface area contributed by atoms with Gasteiger partial charge in [-0.25, -0.2) is 13.6 Å². The second-order valence-electron chi connectivity index (χ2n) is 5.86. The van der Waals surface area contributed by atoms with E-state index < -0.39 is 23.3 Å². The lowest BCUT2D eigenvalue weighted by atomic mass is 9.95. The summed E-state index contributed by atoms with van der Waals surface area (Å²) in [5.74, 6) is -1.59. The maximum absolute atomic E-state index is 13.8. The lowest BCUT2D eigenvalue weighted by molar-refractivity contribution is 0.0555. The molecule has 0 saturated heterocycles. The van der Waals surface area contributed by atoms with Crippen LogP contribution < -0.4 is 10.6 Å². The van der Waals surface area contributed by atoms with Crippen molar-refractivity contribution in [2.24, 2.45) is 0 Å². The van der Waals surface area contributed by atoms with E-state index in [1.54, 1.807) is 0 Å². The van der Waals surface area contributed by atoms with E-state index in [-0.39, 0.29) is 12.1 Å². The minimum absolute atomic E-state index is 0.0805. The summed E-state index contributed by atoms with van der Waals surface area (Å²) in [7, 11) is 0. The molecule has 0 saturated carbocycles. The Hall–Kier alpha value is -2.47. The molecule has 0 spiro atoms. The number of halogens is 2. The van der Waals surface area contributed by atoms with E-state index in [0.29, 0.717) is 12.6 Å². The van der Waals surface area contributed by atoms with Gasteiger partial charge >= 0.3 is 6.03 Å². The summed E-state index contributed by atoms with van der Waals surface area (Å²) in [6.07, 6.45) is 0. The van der Waals surface area contributed by atoms with Gasteiger partial charge in [0.05, 0.1) is 6.54 Å². The summed E-state index contributed by atoms with van der Waals surface area (Å²) in [6, 6.07) is 10.1. The van der Waals surface area contributed by atoms with Crippen molar-refractivity contribution >= 4 is 6.03 Å². The zero-order valence-electron chi connectivity index (χ0n) is 13.6. The Bertz CT molecular complexity index is 733. The molecule has 128 valence electrons. The fraction of sp³-hybridized carbons (Fsp3) is 0.278. The quantitative estimate of drug-likeness (QED) is 0.787. The topological polar surface area (TPSA) is 61.4 Å². The van der Waals surface area contributed by atoms with Gasteiger partial charge in [0.2, 0.25) is 0 Å². The first kappa shape index (κ1) is 17.9. The number of urea groups is 1. The number of rotatable bonds is 5. The molecule has 1 atom stereocenters. The lowest BCUT2D eigenvalue weighted by Crippen LogP contribution is -2.43. The van der Waals surface area contributed by atoms with Crippen LogP contribution >= 0.6 is 0 Å². The van der Waals surface area contributed by atoms with Crippen molar-refractivity contribution in [1.82, 2.24) is 10.6 Å². The van der Waals surface area contributed by atoms with Crippen LogP contribution in [0.15, 0.2) is 42.5 Å². The smallest absolute Gasteiger partial charge is 0.315 e. The minimum Gasteiger partial charge on any atom is -0.383 e. The number of hydrogen-bond donors (Lipinski definition) is 3. The molecule has 2 aromatic carbocycles. The molecule has 2 aromatic rings. The van der Waals surface area contributed by atoms with Gasteiger partial charge in [0.15, 0.2) is 0 Å². The minimum atomic E-state index is -1.65. The Balaban J connectivity index is 1.91. The van der Waals surface area contributed by atoms with Gasteiger partial charge in [0.1, 0.15) is 17.2 Å². The number of aliphatic hydroxyl groups is 1. The number of carbonyl (C=O) groups is 1. The predicted octanol–water partition coefficient (Wildman–Crippen LogP) is 2.98. The summed E-state index contributed by atoms with van der Waals surface area (Å²) in [5, 5.41) is 15.5.